The minimum atomic E-state index is -0.0225. The molecule has 0 N–H and O–H groups in total. The van der Waals surface area contributed by atoms with Gasteiger partial charge in [0.1, 0.15) is 5.02 Å². The molecule has 0 radical (unpaired) electrons. The van der Waals surface area contributed by atoms with E-state index in [0.29, 0.717) is 29.6 Å². The zero-order chi connectivity index (χ0) is 15.7. The lowest BCUT2D eigenvalue weighted by atomic mass is 10.1. The molecule has 5 nitrogen and oxygen atoms in total. The van der Waals surface area contributed by atoms with E-state index in [2.05, 4.69) is 4.98 Å². The van der Waals surface area contributed by atoms with Gasteiger partial charge in [0.2, 0.25) is 5.88 Å². The van der Waals surface area contributed by atoms with E-state index >= 15 is 0 Å². The van der Waals surface area contributed by atoms with Crippen molar-refractivity contribution in [3.63, 3.8) is 0 Å². The summed E-state index contributed by atoms with van der Waals surface area (Å²) < 4.78 is 11.3. The molecule has 1 aliphatic carbocycles. The molecule has 0 aromatic carbocycles. The minimum absolute atomic E-state index is 0.00922. The number of fused-ring (bicyclic) bond motifs is 1. The molecular weight excluding hydrogens is 304 g/mol. The van der Waals surface area contributed by atoms with Crippen LogP contribution in [-0.4, -0.2) is 47.2 Å². The van der Waals surface area contributed by atoms with Crippen LogP contribution in [0.25, 0.3) is 0 Å². The van der Waals surface area contributed by atoms with E-state index in [1.807, 2.05) is 18.7 Å². The van der Waals surface area contributed by atoms with Crippen molar-refractivity contribution in [3.8, 4) is 5.88 Å². The number of carbonyl (C=O) groups is 1. The summed E-state index contributed by atoms with van der Waals surface area (Å²) >= 11 is 6.18. The largest absolute Gasteiger partial charge is 0.474 e. The molecule has 0 bridgehead atoms. The average molecular weight is 325 g/mol. The quantitative estimate of drug-likeness (QED) is 0.858. The normalized spacial score (nSPS) is 24.5. The lowest BCUT2D eigenvalue weighted by Crippen LogP contribution is -2.51. The van der Waals surface area contributed by atoms with Gasteiger partial charge in [-0.25, -0.2) is 4.98 Å². The third-order valence-corrected chi connectivity index (χ3v) is 4.42. The summed E-state index contributed by atoms with van der Waals surface area (Å²) in [5.41, 5.74) is 0.508. The molecule has 2 aliphatic rings. The Balaban J connectivity index is 1.78. The van der Waals surface area contributed by atoms with E-state index < -0.39 is 0 Å². The molecule has 1 aliphatic heterocycles. The first-order valence-electron chi connectivity index (χ1n) is 7.81. The Kier molecular flexibility index (Phi) is 4.54. The molecule has 3 rings (SSSR count). The number of amides is 1. The summed E-state index contributed by atoms with van der Waals surface area (Å²) in [5.74, 6) is 0.347. The number of aromatic nitrogens is 1. The molecule has 2 heterocycles. The highest BCUT2D eigenvalue weighted by atomic mass is 35.5. The van der Waals surface area contributed by atoms with Gasteiger partial charge in [-0.05, 0) is 39.2 Å². The molecule has 1 aromatic rings. The Morgan fingerprint density at radius 3 is 3.05 bits per heavy atom. The van der Waals surface area contributed by atoms with Gasteiger partial charge in [-0.2, -0.15) is 0 Å². The van der Waals surface area contributed by atoms with Gasteiger partial charge in [-0.15, -0.1) is 0 Å². The van der Waals surface area contributed by atoms with Gasteiger partial charge in [-0.1, -0.05) is 11.6 Å². The first-order chi connectivity index (χ1) is 10.6. The van der Waals surface area contributed by atoms with Crippen LogP contribution < -0.4 is 4.74 Å². The number of ether oxygens (including phenoxy) is 2. The average Bonchev–Trinajstić information content (AvgIpc) is 2.96. The van der Waals surface area contributed by atoms with Gasteiger partial charge in [0.25, 0.3) is 5.91 Å². The van der Waals surface area contributed by atoms with Gasteiger partial charge in [-0.3, -0.25) is 4.79 Å². The van der Waals surface area contributed by atoms with E-state index in [1.165, 1.54) is 0 Å². The fourth-order valence-electron chi connectivity index (χ4n) is 3.20. The number of halogens is 1. The molecule has 0 spiro atoms. The first kappa shape index (κ1) is 15.6. The molecule has 22 heavy (non-hydrogen) atoms. The number of carbonyl (C=O) groups excluding carboxylic acids is 1. The Morgan fingerprint density at radius 1 is 1.50 bits per heavy atom. The fourth-order valence-corrected chi connectivity index (χ4v) is 3.41. The van der Waals surface area contributed by atoms with E-state index in [-0.39, 0.29) is 24.2 Å². The zero-order valence-corrected chi connectivity index (χ0v) is 13.7. The third kappa shape index (κ3) is 3.06. The molecule has 1 amide bonds. The minimum Gasteiger partial charge on any atom is -0.474 e. The summed E-state index contributed by atoms with van der Waals surface area (Å²) in [5, 5.41) is 0.371. The van der Waals surface area contributed by atoms with Crippen LogP contribution >= 0.6 is 11.6 Å². The molecule has 1 saturated heterocycles. The van der Waals surface area contributed by atoms with E-state index in [9.17, 15) is 4.79 Å². The number of hydrogen-bond donors (Lipinski definition) is 0. The second-order valence-electron chi connectivity index (χ2n) is 6.08. The fraction of sp³-hybridized carbons (Fsp3) is 0.625. The highest BCUT2D eigenvalue weighted by Gasteiger charge is 2.38. The molecule has 1 saturated carbocycles. The predicted molar refractivity (Wildman–Crippen MR) is 83.4 cm³/mol. The van der Waals surface area contributed by atoms with Crippen molar-refractivity contribution >= 4 is 17.5 Å². The third-order valence-electron chi connectivity index (χ3n) is 4.14. The highest BCUT2D eigenvalue weighted by molar-refractivity contribution is 6.32. The van der Waals surface area contributed by atoms with Crippen LogP contribution in [-0.2, 0) is 4.74 Å². The maximum absolute atomic E-state index is 12.8. The van der Waals surface area contributed by atoms with Crippen LogP contribution in [0.3, 0.4) is 0 Å². The van der Waals surface area contributed by atoms with Crippen molar-refractivity contribution < 1.29 is 14.3 Å². The molecule has 2 fully saturated rings. The summed E-state index contributed by atoms with van der Waals surface area (Å²) in [6.07, 6.45) is 4.88. The monoisotopic (exact) mass is 324 g/mol. The maximum Gasteiger partial charge on any atom is 0.255 e. The number of rotatable bonds is 3. The van der Waals surface area contributed by atoms with Crippen molar-refractivity contribution in [3.05, 3.63) is 22.8 Å². The molecule has 6 heteroatoms. The zero-order valence-electron chi connectivity index (χ0n) is 12.9. The van der Waals surface area contributed by atoms with Gasteiger partial charge in [0, 0.05) is 12.7 Å². The summed E-state index contributed by atoms with van der Waals surface area (Å²) in [7, 11) is 0. The van der Waals surface area contributed by atoms with Crippen LogP contribution in [0.15, 0.2) is 12.3 Å². The Morgan fingerprint density at radius 2 is 2.32 bits per heavy atom. The predicted octanol–water partition coefficient (Wildman–Crippen LogP) is 2.92. The van der Waals surface area contributed by atoms with Crippen LogP contribution in [0, 0.1) is 0 Å². The molecule has 1 aromatic heterocycles. The molecule has 2 atom stereocenters. The van der Waals surface area contributed by atoms with Crippen molar-refractivity contribution in [2.45, 2.75) is 51.4 Å². The summed E-state index contributed by atoms with van der Waals surface area (Å²) in [4.78, 5) is 18.9. The van der Waals surface area contributed by atoms with Crippen LogP contribution in [0.4, 0.5) is 0 Å². The number of pyridine rings is 1. The van der Waals surface area contributed by atoms with Crippen LogP contribution in [0.1, 0.15) is 43.5 Å². The van der Waals surface area contributed by atoms with Crippen LogP contribution in [0.5, 0.6) is 5.88 Å². The lowest BCUT2D eigenvalue weighted by molar-refractivity contribution is -0.0445. The van der Waals surface area contributed by atoms with Gasteiger partial charge in [0.15, 0.2) is 0 Å². The van der Waals surface area contributed by atoms with Crippen LogP contribution in [0.2, 0.25) is 5.02 Å². The highest BCUT2D eigenvalue weighted by Crippen LogP contribution is 2.31. The molecular formula is C16H21ClN2O3. The number of nitrogens with zero attached hydrogens (tertiary/aromatic N) is 2. The van der Waals surface area contributed by atoms with Crippen molar-refractivity contribution in [1.29, 1.82) is 0 Å². The van der Waals surface area contributed by atoms with Crippen molar-refractivity contribution in [1.82, 2.24) is 9.88 Å². The summed E-state index contributed by atoms with van der Waals surface area (Å²) in [6.45, 7) is 5.04. The van der Waals surface area contributed by atoms with E-state index in [0.717, 1.165) is 19.3 Å². The number of hydrogen-bond acceptors (Lipinski definition) is 4. The second kappa shape index (κ2) is 6.42. The topological polar surface area (TPSA) is 51.7 Å². The molecule has 0 unspecified atom stereocenters. The molecule has 120 valence electrons. The lowest BCUT2D eigenvalue weighted by Gasteiger charge is -2.37. The summed E-state index contributed by atoms with van der Waals surface area (Å²) in [6, 6.07) is 1.83. The SMILES string of the molecule is CC(C)Oc1ncc(C(=O)N2CCO[C@H]3CCC[C@@H]32)cc1Cl. The number of morpholine rings is 1. The van der Waals surface area contributed by atoms with E-state index in [1.54, 1.807) is 12.3 Å². The van der Waals surface area contributed by atoms with E-state index in [4.69, 9.17) is 21.1 Å². The van der Waals surface area contributed by atoms with Gasteiger partial charge >= 0.3 is 0 Å². The first-order valence-corrected chi connectivity index (χ1v) is 8.19. The standard InChI is InChI=1S/C16H21ClN2O3/c1-10(2)22-15-12(17)8-11(9-18-15)16(20)19-6-7-21-14-5-3-4-13(14)19/h8-10,13-14H,3-7H2,1-2H3/t13-,14-/m0/s1. The van der Waals surface area contributed by atoms with Gasteiger partial charge in [0.05, 0.1) is 30.4 Å². The Bertz CT molecular complexity index is 564. The van der Waals surface area contributed by atoms with Crippen molar-refractivity contribution in [2.75, 3.05) is 13.2 Å². The smallest absolute Gasteiger partial charge is 0.255 e. The van der Waals surface area contributed by atoms with Crippen molar-refractivity contribution in [2.24, 2.45) is 0 Å². The maximum atomic E-state index is 12.8. The Labute approximate surface area is 135 Å². The Hall–Kier alpha value is -1.33. The second-order valence-corrected chi connectivity index (χ2v) is 6.49. The van der Waals surface area contributed by atoms with Gasteiger partial charge < -0.3 is 14.4 Å².